The molecule has 2 heterocycles. The first-order valence-corrected chi connectivity index (χ1v) is 8.91. The van der Waals surface area contributed by atoms with Crippen molar-refractivity contribution in [2.75, 3.05) is 28.6 Å². The van der Waals surface area contributed by atoms with Crippen LogP contribution in [0.15, 0.2) is 42.6 Å². The molecule has 0 spiro atoms. The average molecular weight is 352 g/mol. The Morgan fingerprint density at radius 3 is 2.88 bits per heavy atom. The minimum absolute atomic E-state index is 0.00107. The smallest absolute Gasteiger partial charge is 0.246 e. The Kier molecular flexibility index (Phi) is 5.51. The Bertz CT molecular complexity index is 790. The molecule has 2 N–H and O–H groups in total. The molecule has 0 fully saturated rings. The van der Waals surface area contributed by atoms with E-state index in [9.17, 15) is 9.59 Å². The Morgan fingerprint density at radius 1 is 1.31 bits per heavy atom. The Labute approximate surface area is 153 Å². The van der Waals surface area contributed by atoms with E-state index < -0.39 is 0 Å². The van der Waals surface area contributed by atoms with Gasteiger partial charge in [0.25, 0.3) is 0 Å². The number of pyridine rings is 1. The molecule has 6 nitrogen and oxygen atoms in total. The number of anilines is 3. The van der Waals surface area contributed by atoms with Crippen molar-refractivity contribution in [3.05, 3.63) is 48.3 Å². The average Bonchev–Trinajstić information content (AvgIpc) is 2.61. The van der Waals surface area contributed by atoms with Gasteiger partial charge in [-0.25, -0.2) is 0 Å². The van der Waals surface area contributed by atoms with Crippen LogP contribution in [-0.4, -0.2) is 29.9 Å². The number of hydrogen-bond acceptors (Lipinski definition) is 4. The Balaban J connectivity index is 1.72. The van der Waals surface area contributed by atoms with E-state index in [0.717, 1.165) is 22.8 Å². The van der Waals surface area contributed by atoms with Gasteiger partial charge in [-0.1, -0.05) is 19.9 Å². The van der Waals surface area contributed by atoms with Gasteiger partial charge < -0.3 is 15.5 Å². The van der Waals surface area contributed by atoms with Gasteiger partial charge in [-0.2, -0.15) is 0 Å². The zero-order chi connectivity index (χ0) is 18.5. The monoisotopic (exact) mass is 352 g/mol. The van der Waals surface area contributed by atoms with Crippen LogP contribution in [-0.2, 0) is 16.0 Å². The number of rotatable bonds is 6. The van der Waals surface area contributed by atoms with Gasteiger partial charge in [0.15, 0.2) is 0 Å². The van der Waals surface area contributed by atoms with E-state index in [0.29, 0.717) is 25.3 Å². The van der Waals surface area contributed by atoms with E-state index >= 15 is 0 Å². The van der Waals surface area contributed by atoms with Crippen LogP contribution in [0.4, 0.5) is 17.1 Å². The van der Waals surface area contributed by atoms with Crippen LogP contribution < -0.4 is 15.5 Å². The zero-order valence-electron chi connectivity index (χ0n) is 15.2. The minimum atomic E-state index is -0.00107. The summed E-state index contributed by atoms with van der Waals surface area (Å²) in [6, 6.07) is 11.4. The number of fused-ring (bicyclic) bond motifs is 1. The van der Waals surface area contributed by atoms with Crippen LogP contribution in [0.5, 0.6) is 0 Å². The SMILES string of the molecule is CC(C)CC(=O)Nc1ccc2c(c1)NCC(=O)N2CCc1ccccn1. The van der Waals surface area contributed by atoms with Gasteiger partial charge in [-0.3, -0.25) is 14.6 Å². The summed E-state index contributed by atoms with van der Waals surface area (Å²) in [6.07, 6.45) is 2.94. The molecular weight excluding hydrogens is 328 g/mol. The standard InChI is InChI=1S/C20H24N4O2/c1-14(2)11-19(25)23-16-6-7-18-17(12-16)22-13-20(26)24(18)10-8-15-5-3-4-9-21-15/h3-7,9,12,14,22H,8,10-11,13H2,1-2H3,(H,23,25). The van der Waals surface area contributed by atoms with Crippen LogP contribution in [0.2, 0.25) is 0 Å². The highest BCUT2D eigenvalue weighted by Crippen LogP contribution is 2.32. The van der Waals surface area contributed by atoms with E-state index in [1.54, 1.807) is 11.1 Å². The number of nitrogens with zero attached hydrogens (tertiary/aromatic N) is 2. The minimum Gasteiger partial charge on any atom is -0.374 e. The lowest BCUT2D eigenvalue weighted by Gasteiger charge is -2.30. The maximum absolute atomic E-state index is 12.3. The van der Waals surface area contributed by atoms with Crippen LogP contribution >= 0.6 is 0 Å². The van der Waals surface area contributed by atoms with Crippen molar-refractivity contribution in [2.45, 2.75) is 26.7 Å². The second-order valence-corrected chi connectivity index (χ2v) is 6.85. The van der Waals surface area contributed by atoms with Crippen molar-refractivity contribution in [1.29, 1.82) is 0 Å². The third-order valence-electron chi connectivity index (χ3n) is 4.21. The lowest BCUT2D eigenvalue weighted by molar-refractivity contribution is -0.117. The molecule has 26 heavy (non-hydrogen) atoms. The zero-order valence-corrected chi connectivity index (χ0v) is 15.2. The molecule has 0 unspecified atom stereocenters. The first-order chi connectivity index (χ1) is 12.5. The highest BCUT2D eigenvalue weighted by Gasteiger charge is 2.24. The van der Waals surface area contributed by atoms with Crippen molar-refractivity contribution in [3.63, 3.8) is 0 Å². The molecule has 0 atom stereocenters. The molecule has 0 radical (unpaired) electrons. The van der Waals surface area contributed by atoms with Gasteiger partial charge in [-0.15, -0.1) is 0 Å². The summed E-state index contributed by atoms with van der Waals surface area (Å²) in [5.41, 5.74) is 3.38. The Hall–Kier alpha value is -2.89. The molecule has 0 saturated carbocycles. The van der Waals surface area contributed by atoms with E-state index in [-0.39, 0.29) is 18.4 Å². The number of benzene rings is 1. The molecule has 2 amide bonds. The summed E-state index contributed by atoms with van der Waals surface area (Å²) in [5, 5.41) is 6.05. The fraction of sp³-hybridized carbons (Fsp3) is 0.350. The van der Waals surface area contributed by atoms with Crippen molar-refractivity contribution in [3.8, 4) is 0 Å². The van der Waals surface area contributed by atoms with Crippen molar-refractivity contribution < 1.29 is 9.59 Å². The van der Waals surface area contributed by atoms with Crippen LogP contribution in [0, 0.1) is 5.92 Å². The second-order valence-electron chi connectivity index (χ2n) is 6.85. The molecule has 0 bridgehead atoms. The number of amides is 2. The fourth-order valence-corrected chi connectivity index (χ4v) is 2.99. The third kappa shape index (κ3) is 4.39. The third-order valence-corrected chi connectivity index (χ3v) is 4.21. The second kappa shape index (κ2) is 7.99. The number of carbonyl (C=O) groups is 2. The molecule has 1 aromatic carbocycles. The van der Waals surface area contributed by atoms with Gasteiger partial charge in [0.1, 0.15) is 0 Å². The summed E-state index contributed by atoms with van der Waals surface area (Å²) in [4.78, 5) is 30.4. The van der Waals surface area contributed by atoms with E-state index in [1.807, 2.05) is 50.2 Å². The number of hydrogen-bond donors (Lipinski definition) is 2. The summed E-state index contributed by atoms with van der Waals surface area (Å²) in [5.74, 6) is 0.342. The molecule has 0 aliphatic carbocycles. The molecule has 1 aliphatic heterocycles. The molecule has 0 saturated heterocycles. The predicted molar refractivity (Wildman–Crippen MR) is 103 cm³/mol. The first kappa shape index (κ1) is 17.9. The van der Waals surface area contributed by atoms with Gasteiger partial charge >= 0.3 is 0 Å². The van der Waals surface area contributed by atoms with Crippen LogP contribution in [0.3, 0.4) is 0 Å². The first-order valence-electron chi connectivity index (χ1n) is 8.91. The summed E-state index contributed by atoms with van der Waals surface area (Å²) in [6.45, 7) is 4.85. The lowest BCUT2D eigenvalue weighted by Crippen LogP contribution is -2.41. The van der Waals surface area contributed by atoms with Gasteiger partial charge in [0.2, 0.25) is 11.8 Å². The van der Waals surface area contributed by atoms with Gasteiger partial charge in [0.05, 0.1) is 17.9 Å². The molecule has 1 aliphatic rings. The molecule has 2 aromatic rings. The normalized spacial score (nSPS) is 13.3. The van der Waals surface area contributed by atoms with E-state index in [4.69, 9.17) is 0 Å². The number of carbonyl (C=O) groups excluding carboxylic acids is 2. The highest BCUT2D eigenvalue weighted by molar-refractivity contribution is 6.03. The largest absolute Gasteiger partial charge is 0.374 e. The summed E-state index contributed by atoms with van der Waals surface area (Å²) < 4.78 is 0. The number of nitrogens with one attached hydrogen (secondary N) is 2. The van der Waals surface area contributed by atoms with Crippen LogP contribution in [0.25, 0.3) is 0 Å². The maximum atomic E-state index is 12.3. The van der Waals surface area contributed by atoms with Gasteiger partial charge in [-0.05, 0) is 36.2 Å². The van der Waals surface area contributed by atoms with E-state index in [1.165, 1.54) is 0 Å². The molecular formula is C20H24N4O2. The lowest BCUT2D eigenvalue weighted by atomic mass is 10.1. The predicted octanol–water partition coefficient (Wildman–Crippen LogP) is 3.07. The van der Waals surface area contributed by atoms with Gasteiger partial charge in [0, 0.05) is 37.0 Å². The molecule has 1 aromatic heterocycles. The Morgan fingerprint density at radius 2 is 2.15 bits per heavy atom. The van der Waals surface area contributed by atoms with E-state index in [2.05, 4.69) is 15.6 Å². The summed E-state index contributed by atoms with van der Waals surface area (Å²) >= 11 is 0. The highest BCUT2D eigenvalue weighted by atomic mass is 16.2. The summed E-state index contributed by atoms with van der Waals surface area (Å²) in [7, 11) is 0. The number of aromatic nitrogens is 1. The molecule has 3 rings (SSSR count). The van der Waals surface area contributed by atoms with Crippen molar-refractivity contribution in [1.82, 2.24) is 4.98 Å². The molecule has 136 valence electrons. The topological polar surface area (TPSA) is 74.3 Å². The maximum Gasteiger partial charge on any atom is 0.246 e. The van der Waals surface area contributed by atoms with Crippen LogP contribution in [0.1, 0.15) is 26.0 Å². The van der Waals surface area contributed by atoms with Crippen molar-refractivity contribution in [2.24, 2.45) is 5.92 Å². The molecule has 6 heteroatoms. The fourth-order valence-electron chi connectivity index (χ4n) is 2.99. The quantitative estimate of drug-likeness (QED) is 0.838. The van der Waals surface area contributed by atoms with Crippen molar-refractivity contribution >= 4 is 28.9 Å².